The number of anilines is 1. The van der Waals surface area contributed by atoms with Gasteiger partial charge < -0.3 is 9.47 Å². The van der Waals surface area contributed by atoms with Gasteiger partial charge in [-0.15, -0.1) is 0 Å². The van der Waals surface area contributed by atoms with Crippen LogP contribution in [0.2, 0.25) is 0 Å². The first kappa shape index (κ1) is 20.0. The number of carbonyl (C=O) groups is 2. The first-order valence-electron chi connectivity index (χ1n) is 8.30. The van der Waals surface area contributed by atoms with Gasteiger partial charge in [-0.1, -0.05) is 18.2 Å². The maximum absolute atomic E-state index is 14.2. The van der Waals surface area contributed by atoms with Crippen LogP contribution in [-0.4, -0.2) is 30.6 Å². The van der Waals surface area contributed by atoms with Gasteiger partial charge in [0.15, 0.2) is 23.2 Å². The Morgan fingerprint density at radius 2 is 2.00 bits per heavy atom. The number of ether oxygens (including phenoxy) is 2. The highest BCUT2D eigenvalue weighted by Crippen LogP contribution is 2.30. The van der Waals surface area contributed by atoms with Gasteiger partial charge >= 0.3 is 0 Å². The number of para-hydroxylation sites is 1. The number of methoxy groups -OCH3 is 1. The number of nitrogens with zero attached hydrogens (tertiary/aromatic N) is 2. The maximum Gasteiger partial charge on any atom is 0.270 e. The number of nitriles is 1. The summed E-state index contributed by atoms with van der Waals surface area (Å²) in [7, 11) is 1.42. The van der Waals surface area contributed by atoms with E-state index in [2.05, 4.69) is 5.32 Å². The van der Waals surface area contributed by atoms with Crippen LogP contribution in [0.4, 0.5) is 10.1 Å². The molecule has 0 spiro atoms. The molecule has 146 valence electrons. The van der Waals surface area contributed by atoms with Crippen LogP contribution in [-0.2, 0) is 9.59 Å². The minimum atomic E-state index is -0.757. The molecule has 29 heavy (non-hydrogen) atoms. The second-order valence-electron chi connectivity index (χ2n) is 5.77. The molecule has 3 rings (SSSR count). The second-order valence-corrected chi connectivity index (χ2v) is 6.15. The number of nitrogens with one attached hydrogen (secondary N) is 1. The number of rotatable bonds is 5. The highest BCUT2D eigenvalue weighted by molar-refractivity contribution is 7.80. The Morgan fingerprint density at radius 3 is 2.69 bits per heavy atom. The molecule has 0 unspecified atom stereocenters. The van der Waals surface area contributed by atoms with Crippen LogP contribution in [0.5, 0.6) is 11.5 Å². The van der Waals surface area contributed by atoms with E-state index in [1.807, 2.05) is 6.07 Å². The summed E-state index contributed by atoms with van der Waals surface area (Å²) in [6.45, 7) is -0.160. The Morgan fingerprint density at radius 1 is 1.24 bits per heavy atom. The van der Waals surface area contributed by atoms with E-state index in [-0.39, 0.29) is 23.0 Å². The van der Waals surface area contributed by atoms with Gasteiger partial charge in [0.05, 0.1) is 12.8 Å². The van der Waals surface area contributed by atoms with E-state index < -0.39 is 17.6 Å². The van der Waals surface area contributed by atoms with Crippen LogP contribution >= 0.6 is 12.2 Å². The van der Waals surface area contributed by atoms with Crippen LogP contribution in [0, 0.1) is 17.1 Å². The predicted molar refractivity (Wildman–Crippen MR) is 107 cm³/mol. The van der Waals surface area contributed by atoms with Crippen LogP contribution < -0.4 is 19.7 Å². The summed E-state index contributed by atoms with van der Waals surface area (Å²) in [4.78, 5) is 26.2. The molecule has 0 radical (unpaired) electrons. The third kappa shape index (κ3) is 4.07. The van der Waals surface area contributed by atoms with E-state index in [0.717, 1.165) is 4.90 Å². The van der Waals surface area contributed by atoms with E-state index in [0.29, 0.717) is 17.1 Å². The lowest BCUT2D eigenvalue weighted by Gasteiger charge is -2.29. The quantitative estimate of drug-likeness (QED) is 0.462. The highest BCUT2D eigenvalue weighted by atomic mass is 32.1. The number of hydrogen-bond acceptors (Lipinski definition) is 6. The van der Waals surface area contributed by atoms with Crippen molar-refractivity contribution in [1.29, 1.82) is 5.26 Å². The van der Waals surface area contributed by atoms with Crippen LogP contribution in [0.25, 0.3) is 6.08 Å². The minimum absolute atomic E-state index is 0.0637. The summed E-state index contributed by atoms with van der Waals surface area (Å²) >= 11 is 5.05. The van der Waals surface area contributed by atoms with E-state index in [1.165, 1.54) is 31.4 Å². The summed E-state index contributed by atoms with van der Waals surface area (Å²) in [5, 5.41) is 10.8. The van der Waals surface area contributed by atoms with Gasteiger partial charge in [0, 0.05) is 0 Å². The van der Waals surface area contributed by atoms with E-state index in [9.17, 15) is 14.0 Å². The standard InChI is InChI=1S/C20H14FN3O4S/c1-27-17-11-12(6-7-16(17)28-9-8-22)10-13-18(25)23-20(29)24(19(13)26)15-5-3-2-4-14(15)21/h2-7,10-11H,9H2,1H3,(H,23,25,29)/b13-10+. The second kappa shape index (κ2) is 8.50. The Balaban J connectivity index is 1.99. The summed E-state index contributed by atoms with van der Waals surface area (Å²) in [6, 6.07) is 12.1. The lowest BCUT2D eigenvalue weighted by Crippen LogP contribution is -2.54. The van der Waals surface area contributed by atoms with Crippen molar-refractivity contribution in [2.24, 2.45) is 0 Å². The normalized spacial score (nSPS) is 15.1. The average molecular weight is 411 g/mol. The van der Waals surface area contributed by atoms with Crippen molar-refractivity contribution in [1.82, 2.24) is 5.32 Å². The summed E-state index contributed by atoms with van der Waals surface area (Å²) in [5.41, 5.74) is 0.173. The monoisotopic (exact) mass is 411 g/mol. The van der Waals surface area contributed by atoms with Crippen molar-refractivity contribution < 1.29 is 23.5 Å². The smallest absolute Gasteiger partial charge is 0.270 e. The molecule has 1 aliphatic rings. The first-order chi connectivity index (χ1) is 14.0. The predicted octanol–water partition coefficient (Wildman–Crippen LogP) is 2.57. The van der Waals surface area contributed by atoms with Crippen molar-refractivity contribution in [3.05, 3.63) is 59.4 Å². The molecule has 7 nitrogen and oxygen atoms in total. The van der Waals surface area contributed by atoms with Crippen molar-refractivity contribution in [2.45, 2.75) is 0 Å². The van der Waals surface area contributed by atoms with Gasteiger partial charge in [-0.05, 0) is 48.1 Å². The minimum Gasteiger partial charge on any atom is -0.493 e. The lowest BCUT2D eigenvalue weighted by molar-refractivity contribution is -0.122. The van der Waals surface area contributed by atoms with Crippen LogP contribution in [0.3, 0.4) is 0 Å². The number of carbonyl (C=O) groups excluding carboxylic acids is 2. The molecule has 1 heterocycles. The molecule has 2 aromatic carbocycles. The third-order valence-electron chi connectivity index (χ3n) is 3.99. The largest absolute Gasteiger partial charge is 0.493 e. The average Bonchev–Trinajstić information content (AvgIpc) is 2.71. The van der Waals surface area contributed by atoms with E-state index in [1.54, 1.807) is 24.3 Å². The van der Waals surface area contributed by atoms with Gasteiger partial charge in [-0.2, -0.15) is 5.26 Å². The molecule has 0 saturated carbocycles. The molecule has 0 aliphatic carbocycles. The molecule has 1 saturated heterocycles. The van der Waals surface area contributed by atoms with Crippen LogP contribution in [0.1, 0.15) is 5.56 Å². The highest BCUT2D eigenvalue weighted by Gasteiger charge is 2.35. The Kier molecular flexibility index (Phi) is 5.85. The van der Waals surface area contributed by atoms with Crippen molar-refractivity contribution in [3.8, 4) is 17.6 Å². The molecule has 2 aromatic rings. The summed E-state index contributed by atoms with van der Waals surface area (Å²) < 4.78 is 24.6. The van der Waals surface area contributed by atoms with Crippen molar-refractivity contribution in [3.63, 3.8) is 0 Å². The molecule has 1 fully saturated rings. The zero-order valence-electron chi connectivity index (χ0n) is 15.1. The SMILES string of the molecule is COc1cc(/C=C2\C(=O)NC(=S)N(c3ccccc3F)C2=O)ccc1OCC#N. The number of hydrogen-bond donors (Lipinski definition) is 1. The lowest BCUT2D eigenvalue weighted by atomic mass is 10.1. The van der Waals surface area contributed by atoms with Gasteiger partial charge in [-0.25, -0.2) is 9.29 Å². The Labute approximate surface area is 170 Å². The fourth-order valence-corrected chi connectivity index (χ4v) is 2.95. The Bertz CT molecular complexity index is 1080. The zero-order valence-corrected chi connectivity index (χ0v) is 16.0. The number of benzene rings is 2. The number of amides is 2. The molecule has 9 heteroatoms. The van der Waals surface area contributed by atoms with Gasteiger partial charge in [0.25, 0.3) is 11.8 Å². The summed E-state index contributed by atoms with van der Waals surface area (Å²) in [6.07, 6.45) is 1.34. The topological polar surface area (TPSA) is 91.7 Å². The Hall–Kier alpha value is -3.77. The van der Waals surface area contributed by atoms with E-state index in [4.69, 9.17) is 27.0 Å². The molecule has 1 N–H and O–H groups in total. The number of halogens is 1. The molecular formula is C20H14FN3O4S. The van der Waals surface area contributed by atoms with Gasteiger partial charge in [0.2, 0.25) is 0 Å². The molecular weight excluding hydrogens is 397 g/mol. The fourth-order valence-electron chi connectivity index (χ4n) is 2.68. The van der Waals surface area contributed by atoms with Crippen molar-refractivity contribution in [2.75, 3.05) is 18.6 Å². The van der Waals surface area contributed by atoms with E-state index >= 15 is 0 Å². The maximum atomic E-state index is 14.2. The zero-order chi connectivity index (χ0) is 21.0. The molecule has 0 bridgehead atoms. The molecule has 0 aromatic heterocycles. The van der Waals surface area contributed by atoms with Crippen LogP contribution in [0.15, 0.2) is 48.0 Å². The fraction of sp³-hybridized carbons (Fsp3) is 0.100. The van der Waals surface area contributed by atoms with Gasteiger partial charge in [0.1, 0.15) is 17.5 Å². The molecule has 0 atom stereocenters. The molecule has 2 amide bonds. The van der Waals surface area contributed by atoms with Gasteiger partial charge in [-0.3, -0.25) is 14.9 Å². The van der Waals surface area contributed by atoms with Crippen molar-refractivity contribution >= 4 is 40.9 Å². The number of thiocarbonyl (C=S) groups is 1. The summed E-state index contributed by atoms with van der Waals surface area (Å²) in [5.74, 6) is -1.45. The third-order valence-corrected chi connectivity index (χ3v) is 4.27. The first-order valence-corrected chi connectivity index (χ1v) is 8.71. The molecule has 1 aliphatic heterocycles.